The summed E-state index contributed by atoms with van der Waals surface area (Å²) < 4.78 is 53.5. The Labute approximate surface area is 140 Å². The molecule has 0 spiro atoms. The van der Waals surface area contributed by atoms with Crippen LogP contribution in [-0.2, 0) is 10.0 Å². The average molecular weight is 352 g/mol. The predicted molar refractivity (Wildman–Crippen MR) is 88.5 cm³/mol. The largest absolute Gasteiger partial charge is 0.369 e. The second-order valence-electron chi connectivity index (χ2n) is 5.75. The summed E-state index contributed by atoms with van der Waals surface area (Å²) >= 11 is 0. The Morgan fingerprint density at radius 1 is 0.958 bits per heavy atom. The highest BCUT2D eigenvalue weighted by molar-refractivity contribution is 7.89. The number of rotatable bonds is 3. The van der Waals surface area contributed by atoms with E-state index in [4.69, 9.17) is 0 Å². The van der Waals surface area contributed by atoms with E-state index in [-0.39, 0.29) is 13.1 Å². The summed E-state index contributed by atoms with van der Waals surface area (Å²) in [6, 6.07) is 10.4. The maximum Gasteiger partial charge on any atom is 0.246 e. The molecular weight excluding hydrogens is 334 g/mol. The maximum atomic E-state index is 13.8. The summed E-state index contributed by atoms with van der Waals surface area (Å²) in [6.07, 6.45) is 0. The van der Waals surface area contributed by atoms with Crippen molar-refractivity contribution in [1.29, 1.82) is 0 Å². The zero-order valence-corrected chi connectivity index (χ0v) is 14.1. The number of para-hydroxylation sites is 1. The van der Waals surface area contributed by atoms with Crippen molar-refractivity contribution in [2.24, 2.45) is 0 Å². The SMILES string of the molecule is Cc1ccccc1N1CCN(S(=O)(=O)c2cc(F)ccc2F)CC1. The van der Waals surface area contributed by atoms with Gasteiger partial charge in [-0.05, 0) is 36.8 Å². The third kappa shape index (κ3) is 3.14. The first-order chi connectivity index (χ1) is 11.4. The first-order valence-corrected chi connectivity index (χ1v) is 9.09. The number of piperazine rings is 1. The third-order valence-corrected chi connectivity index (χ3v) is 6.12. The molecule has 3 rings (SSSR count). The Bertz CT molecular complexity index is 847. The molecule has 128 valence electrons. The van der Waals surface area contributed by atoms with Gasteiger partial charge in [-0.2, -0.15) is 4.31 Å². The van der Waals surface area contributed by atoms with Crippen LogP contribution in [0.2, 0.25) is 0 Å². The van der Waals surface area contributed by atoms with Crippen molar-refractivity contribution in [3.05, 3.63) is 59.7 Å². The van der Waals surface area contributed by atoms with Crippen molar-refractivity contribution < 1.29 is 17.2 Å². The van der Waals surface area contributed by atoms with Crippen molar-refractivity contribution in [2.75, 3.05) is 31.1 Å². The van der Waals surface area contributed by atoms with Crippen LogP contribution in [-0.4, -0.2) is 38.9 Å². The van der Waals surface area contributed by atoms with E-state index in [9.17, 15) is 17.2 Å². The Balaban J connectivity index is 1.79. The fraction of sp³-hybridized carbons (Fsp3) is 0.294. The molecule has 0 aliphatic carbocycles. The molecule has 1 fully saturated rings. The molecule has 2 aromatic rings. The summed E-state index contributed by atoms with van der Waals surface area (Å²) in [5.74, 6) is -1.70. The van der Waals surface area contributed by atoms with Gasteiger partial charge in [-0.15, -0.1) is 0 Å². The van der Waals surface area contributed by atoms with Gasteiger partial charge in [0.15, 0.2) is 0 Å². The zero-order valence-electron chi connectivity index (χ0n) is 13.2. The van der Waals surface area contributed by atoms with E-state index >= 15 is 0 Å². The Hall–Kier alpha value is -1.99. The minimum absolute atomic E-state index is 0.229. The summed E-state index contributed by atoms with van der Waals surface area (Å²) in [5, 5.41) is 0. The monoisotopic (exact) mass is 352 g/mol. The van der Waals surface area contributed by atoms with Crippen LogP contribution in [0.4, 0.5) is 14.5 Å². The molecule has 0 bridgehead atoms. The van der Waals surface area contributed by atoms with Crippen molar-refractivity contribution in [2.45, 2.75) is 11.8 Å². The Morgan fingerprint density at radius 2 is 1.62 bits per heavy atom. The van der Waals surface area contributed by atoms with Gasteiger partial charge >= 0.3 is 0 Å². The molecule has 4 nitrogen and oxygen atoms in total. The highest BCUT2D eigenvalue weighted by Gasteiger charge is 2.31. The molecule has 2 aromatic carbocycles. The summed E-state index contributed by atoms with van der Waals surface area (Å²) in [5.41, 5.74) is 2.18. The second-order valence-corrected chi connectivity index (χ2v) is 7.66. The predicted octanol–water partition coefficient (Wildman–Crippen LogP) is 2.78. The summed E-state index contributed by atoms with van der Waals surface area (Å²) in [6.45, 7) is 3.46. The molecule has 1 aliphatic heterocycles. The number of hydrogen-bond donors (Lipinski definition) is 0. The Morgan fingerprint density at radius 3 is 2.29 bits per heavy atom. The second kappa shape index (κ2) is 6.49. The molecular formula is C17H18F2N2O2S. The molecule has 1 heterocycles. The van der Waals surface area contributed by atoms with Crippen LogP contribution in [0.5, 0.6) is 0 Å². The fourth-order valence-corrected chi connectivity index (χ4v) is 4.40. The number of aryl methyl sites for hydroxylation is 1. The molecule has 0 amide bonds. The van der Waals surface area contributed by atoms with E-state index in [0.717, 1.165) is 29.4 Å². The minimum atomic E-state index is -4.04. The van der Waals surface area contributed by atoms with Crippen molar-refractivity contribution >= 4 is 15.7 Å². The van der Waals surface area contributed by atoms with Crippen LogP contribution in [0.3, 0.4) is 0 Å². The lowest BCUT2D eigenvalue weighted by atomic mass is 10.1. The number of benzene rings is 2. The lowest BCUT2D eigenvalue weighted by molar-refractivity contribution is 0.382. The van der Waals surface area contributed by atoms with Crippen LogP contribution < -0.4 is 4.90 Å². The van der Waals surface area contributed by atoms with Crippen molar-refractivity contribution in [3.8, 4) is 0 Å². The minimum Gasteiger partial charge on any atom is -0.369 e. The highest BCUT2D eigenvalue weighted by atomic mass is 32.2. The molecule has 0 radical (unpaired) electrons. The van der Waals surface area contributed by atoms with Gasteiger partial charge in [0, 0.05) is 31.9 Å². The first kappa shape index (κ1) is 16.9. The van der Waals surface area contributed by atoms with Gasteiger partial charge in [0.25, 0.3) is 0 Å². The van der Waals surface area contributed by atoms with Crippen LogP contribution >= 0.6 is 0 Å². The van der Waals surface area contributed by atoms with Crippen LogP contribution in [0.15, 0.2) is 47.4 Å². The smallest absolute Gasteiger partial charge is 0.246 e. The van der Waals surface area contributed by atoms with Crippen molar-refractivity contribution in [3.63, 3.8) is 0 Å². The van der Waals surface area contributed by atoms with Crippen LogP contribution in [0.25, 0.3) is 0 Å². The number of anilines is 1. The van der Waals surface area contributed by atoms with Crippen LogP contribution in [0.1, 0.15) is 5.56 Å². The lowest BCUT2D eigenvalue weighted by Crippen LogP contribution is -2.49. The lowest BCUT2D eigenvalue weighted by Gasteiger charge is -2.36. The number of nitrogens with zero attached hydrogens (tertiary/aromatic N) is 2. The summed E-state index contributed by atoms with van der Waals surface area (Å²) in [4.78, 5) is 1.50. The van der Waals surface area contributed by atoms with Gasteiger partial charge in [0.05, 0.1) is 0 Å². The maximum absolute atomic E-state index is 13.8. The fourth-order valence-electron chi connectivity index (χ4n) is 2.90. The van der Waals surface area contributed by atoms with E-state index in [2.05, 4.69) is 4.90 Å². The molecule has 1 saturated heterocycles. The first-order valence-electron chi connectivity index (χ1n) is 7.65. The number of hydrogen-bond acceptors (Lipinski definition) is 3. The topological polar surface area (TPSA) is 40.6 Å². The molecule has 0 saturated carbocycles. The van der Waals surface area contributed by atoms with E-state index in [0.29, 0.717) is 13.1 Å². The standard InChI is InChI=1S/C17H18F2N2O2S/c1-13-4-2-3-5-16(13)20-8-10-21(11-9-20)24(22,23)17-12-14(18)6-7-15(17)19/h2-7,12H,8-11H2,1H3. The zero-order chi connectivity index (χ0) is 17.3. The van der Waals surface area contributed by atoms with E-state index in [1.807, 2.05) is 31.2 Å². The van der Waals surface area contributed by atoms with Gasteiger partial charge in [-0.25, -0.2) is 17.2 Å². The third-order valence-electron chi connectivity index (χ3n) is 4.21. The van der Waals surface area contributed by atoms with Gasteiger partial charge in [-0.3, -0.25) is 0 Å². The normalized spacial score (nSPS) is 16.4. The van der Waals surface area contributed by atoms with E-state index < -0.39 is 26.6 Å². The molecule has 0 N–H and O–H groups in total. The van der Waals surface area contributed by atoms with Gasteiger partial charge < -0.3 is 4.90 Å². The highest BCUT2D eigenvalue weighted by Crippen LogP contribution is 2.25. The van der Waals surface area contributed by atoms with Crippen LogP contribution in [0, 0.1) is 18.6 Å². The van der Waals surface area contributed by atoms with E-state index in [1.165, 1.54) is 4.31 Å². The van der Waals surface area contributed by atoms with Gasteiger partial charge in [0.2, 0.25) is 10.0 Å². The Kier molecular flexibility index (Phi) is 4.56. The van der Waals surface area contributed by atoms with E-state index in [1.54, 1.807) is 0 Å². The summed E-state index contributed by atoms with van der Waals surface area (Å²) in [7, 11) is -4.04. The number of sulfonamides is 1. The molecule has 24 heavy (non-hydrogen) atoms. The van der Waals surface area contributed by atoms with Crippen molar-refractivity contribution in [1.82, 2.24) is 4.31 Å². The molecule has 7 heteroatoms. The molecule has 0 unspecified atom stereocenters. The molecule has 1 aliphatic rings. The van der Waals surface area contributed by atoms with Gasteiger partial charge in [-0.1, -0.05) is 18.2 Å². The molecule has 0 aromatic heterocycles. The quantitative estimate of drug-likeness (QED) is 0.853. The average Bonchev–Trinajstić information content (AvgIpc) is 2.57. The number of halogens is 2. The van der Waals surface area contributed by atoms with Gasteiger partial charge in [0.1, 0.15) is 16.5 Å². The molecule has 0 atom stereocenters.